The van der Waals surface area contributed by atoms with Crippen LogP contribution in [-0.2, 0) is 9.53 Å². The molecular formula is C17H11F2NO5. The number of nitrogens with zero attached hydrogens (tertiary/aromatic N) is 1. The van der Waals surface area contributed by atoms with Gasteiger partial charge in [0.15, 0.2) is 11.6 Å². The topological polar surface area (TPSA) is 72.9 Å². The van der Waals surface area contributed by atoms with E-state index in [0.717, 1.165) is 24.1 Å². The molecule has 0 aliphatic carbocycles. The minimum Gasteiger partial charge on any atom is -0.468 e. The van der Waals surface area contributed by atoms with Gasteiger partial charge in [0.25, 0.3) is 11.8 Å². The highest BCUT2D eigenvalue weighted by Gasteiger charge is 2.37. The van der Waals surface area contributed by atoms with E-state index in [0.29, 0.717) is 0 Å². The van der Waals surface area contributed by atoms with Crippen LogP contribution in [0.5, 0.6) is 11.5 Å². The molecule has 2 amide bonds. The van der Waals surface area contributed by atoms with Crippen LogP contribution in [0.2, 0.25) is 0 Å². The average Bonchev–Trinajstić information content (AvgIpc) is 2.82. The number of carbonyl (C=O) groups is 3. The average molecular weight is 347 g/mol. The van der Waals surface area contributed by atoms with Gasteiger partial charge in [-0.1, -0.05) is 0 Å². The van der Waals surface area contributed by atoms with Crippen LogP contribution in [0.3, 0.4) is 0 Å². The molecule has 3 rings (SSSR count). The van der Waals surface area contributed by atoms with Gasteiger partial charge in [0, 0.05) is 6.07 Å². The van der Waals surface area contributed by atoms with E-state index < -0.39 is 36.0 Å². The quantitative estimate of drug-likeness (QED) is 0.628. The Bertz CT molecular complexity index is 897. The molecular weight excluding hydrogens is 336 g/mol. The third-order valence-corrected chi connectivity index (χ3v) is 3.58. The predicted octanol–water partition coefficient (Wildman–Crippen LogP) is 2.53. The van der Waals surface area contributed by atoms with Crippen LogP contribution >= 0.6 is 0 Å². The molecule has 0 spiro atoms. The maximum absolute atomic E-state index is 13.2. The van der Waals surface area contributed by atoms with Crippen molar-refractivity contribution in [2.75, 3.05) is 13.7 Å². The molecule has 0 unspecified atom stereocenters. The monoisotopic (exact) mass is 347 g/mol. The maximum atomic E-state index is 13.2. The lowest BCUT2D eigenvalue weighted by Gasteiger charge is -2.11. The van der Waals surface area contributed by atoms with Crippen molar-refractivity contribution in [1.29, 1.82) is 0 Å². The van der Waals surface area contributed by atoms with Crippen LogP contribution in [0.4, 0.5) is 8.78 Å². The summed E-state index contributed by atoms with van der Waals surface area (Å²) in [6.45, 7) is -0.498. The number of imide groups is 1. The summed E-state index contributed by atoms with van der Waals surface area (Å²) in [6, 6.07) is 7.06. The maximum Gasteiger partial charge on any atom is 0.325 e. The second-order valence-corrected chi connectivity index (χ2v) is 5.16. The smallest absolute Gasteiger partial charge is 0.325 e. The van der Waals surface area contributed by atoms with E-state index in [2.05, 4.69) is 4.74 Å². The van der Waals surface area contributed by atoms with Crippen molar-refractivity contribution in [3.05, 3.63) is 59.2 Å². The van der Waals surface area contributed by atoms with Gasteiger partial charge in [-0.15, -0.1) is 0 Å². The first-order chi connectivity index (χ1) is 11.9. The van der Waals surface area contributed by atoms with Gasteiger partial charge in [-0.3, -0.25) is 19.3 Å². The molecule has 0 radical (unpaired) electrons. The summed E-state index contributed by atoms with van der Waals surface area (Å²) < 4.78 is 36.0. The van der Waals surface area contributed by atoms with Gasteiger partial charge in [0.1, 0.15) is 18.0 Å². The molecule has 2 aromatic carbocycles. The summed E-state index contributed by atoms with van der Waals surface area (Å²) >= 11 is 0. The van der Waals surface area contributed by atoms with Crippen molar-refractivity contribution in [3.8, 4) is 11.5 Å². The second-order valence-electron chi connectivity index (χ2n) is 5.16. The van der Waals surface area contributed by atoms with Crippen LogP contribution in [0.1, 0.15) is 20.7 Å². The number of amides is 2. The lowest BCUT2D eigenvalue weighted by atomic mass is 10.1. The molecule has 1 aliphatic rings. The van der Waals surface area contributed by atoms with E-state index >= 15 is 0 Å². The molecule has 8 heteroatoms. The Morgan fingerprint density at radius 1 is 0.960 bits per heavy atom. The number of methoxy groups -OCH3 is 1. The summed E-state index contributed by atoms with van der Waals surface area (Å²) in [5, 5.41) is 0. The summed E-state index contributed by atoms with van der Waals surface area (Å²) in [5.41, 5.74) is 0.167. The van der Waals surface area contributed by atoms with Crippen LogP contribution in [0.15, 0.2) is 36.4 Å². The number of fused-ring (bicyclic) bond motifs is 1. The minimum atomic E-state index is -1.07. The van der Waals surface area contributed by atoms with Crippen LogP contribution in [0.25, 0.3) is 0 Å². The second kappa shape index (κ2) is 6.31. The van der Waals surface area contributed by atoms with Crippen molar-refractivity contribution >= 4 is 17.8 Å². The molecule has 1 heterocycles. The van der Waals surface area contributed by atoms with Crippen molar-refractivity contribution < 1.29 is 32.6 Å². The van der Waals surface area contributed by atoms with E-state index in [9.17, 15) is 23.2 Å². The van der Waals surface area contributed by atoms with Gasteiger partial charge in [0.2, 0.25) is 0 Å². The SMILES string of the molecule is COC(=O)CN1C(=O)c2ccc(Oc3ccc(F)c(F)c3)cc2C1=O. The summed E-state index contributed by atoms with van der Waals surface area (Å²) in [7, 11) is 1.15. The van der Waals surface area contributed by atoms with Crippen LogP contribution in [0, 0.1) is 11.6 Å². The van der Waals surface area contributed by atoms with E-state index in [1.807, 2.05) is 0 Å². The Morgan fingerprint density at radius 2 is 1.60 bits per heavy atom. The molecule has 0 bridgehead atoms. The number of benzene rings is 2. The summed E-state index contributed by atoms with van der Waals surface area (Å²) in [6.07, 6.45) is 0. The number of carbonyl (C=O) groups excluding carboxylic acids is 3. The number of rotatable bonds is 4. The van der Waals surface area contributed by atoms with Crippen LogP contribution in [-0.4, -0.2) is 36.3 Å². The molecule has 0 atom stereocenters. The molecule has 0 aromatic heterocycles. The highest BCUT2D eigenvalue weighted by molar-refractivity contribution is 6.22. The molecule has 0 fully saturated rings. The molecule has 6 nitrogen and oxygen atoms in total. The Balaban J connectivity index is 1.86. The number of hydrogen-bond acceptors (Lipinski definition) is 5. The lowest BCUT2D eigenvalue weighted by Crippen LogP contribution is -2.35. The molecule has 1 aliphatic heterocycles. The highest BCUT2D eigenvalue weighted by Crippen LogP contribution is 2.30. The zero-order valence-corrected chi connectivity index (χ0v) is 12.9. The third-order valence-electron chi connectivity index (χ3n) is 3.58. The molecule has 0 N–H and O–H groups in total. The first-order valence-electron chi connectivity index (χ1n) is 7.10. The Labute approximate surface area is 140 Å². The van der Waals surface area contributed by atoms with Gasteiger partial charge in [-0.2, -0.15) is 0 Å². The fourth-order valence-corrected chi connectivity index (χ4v) is 2.35. The third kappa shape index (κ3) is 3.06. The molecule has 0 saturated heterocycles. The van der Waals surface area contributed by atoms with Crippen molar-refractivity contribution in [1.82, 2.24) is 4.90 Å². The summed E-state index contributed by atoms with van der Waals surface area (Å²) in [5.74, 6) is -3.92. The van der Waals surface area contributed by atoms with E-state index in [4.69, 9.17) is 4.74 Å². The van der Waals surface area contributed by atoms with Gasteiger partial charge in [0.05, 0.1) is 18.2 Å². The predicted molar refractivity (Wildman–Crippen MR) is 80.3 cm³/mol. The molecule has 0 saturated carbocycles. The van der Waals surface area contributed by atoms with Crippen molar-refractivity contribution in [3.63, 3.8) is 0 Å². The zero-order chi connectivity index (χ0) is 18.1. The fraction of sp³-hybridized carbons (Fsp3) is 0.118. The molecule has 2 aromatic rings. The Morgan fingerprint density at radius 3 is 2.28 bits per heavy atom. The van der Waals surface area contributed by atoms with E-state index in [1.165, 1.54) is 24.3 Å². The minimum absolute atomic E-state index is 0.0297. The Hall–Kier alpha value is -3.29. The number of halogens is 2. The van der Waals surface area contributed by atoms with Crippen molar-refractivity contribution in [2.24, 2.45) is 0 Å². The first kappa shape index (κ1) is 16.6. The van der Waals surface area contributed by atoms with Gasteiger partial charge >= 0.3 is 5.97 Å². The van der Waals surface area contributed by atoms with E-state index in [1.54, 1.807) is 0 Å². The van der Waals surface area contributed by atoms with Crippen LogP contribution < -0.4 is 4.74 Å². The number of ether oxygens (including phenoxy) is 2. The van der Waals surface area contributed by atoms with Gasteiger partial charge < -0.3 is 9.47 Å². The van der Waals surface area contributed by atoms with Gasteiger partial charge in [-0.25, -0.2) is 8.78 Å². The fourth-order valence-electron chi connectivity index (χ4n) is 2.35. The van der Waals surface area contributed by atoms with E-state index in [-0.39, 0.29) is 22.6 Å². The largest absolute Gasteiger partial charge is 0.468 e. The molecule has 128 valence electrons. The molecule has 25 heavy (non-hydrogen) atoms. The number of esters is 1. The van der Waals surface area contributed by atoms with Gasteiger partial charge in [-0.05, 0) is 30.3 Å². The first-order valence-corrected chi connectivity index (χ1v) is 7.10. The number of hydrogen-bond donors (Lipinski definition) is 0. The standard InChI is InChI=1S/C17H11F2NO5/c1-24-15(21)8-20-16(22)11-4-2-9(6-12(11)17(20)23)25-10-3-5-13(18)14(19)7-10/h2-7H,8H2,1H3. The zero-order valence-electron chi connectivity index (χ0n) is 12.9. The summed E-state index contributed by atoms with van der Waals surface area (Å²) in [4.78, 5) is 36.5. The normalized spacial score (nSPS) is 13.0. The van der Waals surface area contributed by atoms with Crippen molar-refractivity contribution in [2.45, 2.75) is 0 Å². The Kier molecular flexibility index (Phi) is 4.18. The highest BCUT2D eigenvalue weighted by atomic mass is 19.2. The lowest BCUT2D eigenvalue weighted by molar-refractivity contribution is -0.140.